The normalized spacial score (nSPS) is 16.3. The van der Waals surface area contributed by atoms with Crippen LogP contribution in [0.15, 0.2) is 95.9 Å². The van der Waals surface area contributed by atoms with Crippen molar-refractivity contribution in [2.45, 2.75) is 24.4 Å². The van der Waals surface area contributed by atoms with Crippen LogP contribution < -0.4 is 4.31 Å². The molecule has 0 aliphatic carbocycles. The molecule has 4 aromatic carbocycles. The zero-order chi connectivity index (χ0) is 24.6. The van der Waals surface area contributed by atoms with Crippen LogP contribution in [0.3, 0.4) is 0 Å². The van der Waals surface area contributed by atoms with E-state index in [4.69, 9.17) is 11.6 Å². The third kappa shape index (κ3) is 4.40. The molecular weight excluding hydrogens is 480 g/mol. The van der Waals surface area contributed by atoms with Crippen molar-refractivity contribution >= 4 is 44.0 Å². The Morgan fingerprint density at radius 2 is 1.51 bits per heavy atom. The number of amides is 1. The van der Waals surface area contributed by atoms with Crippen molar-refractivity contribution in [2.24, 2.45) is 0 Å². The Labute approximate surface area is 210 Å². The molecule has 1 amide bonds. The predicted molar refractivity (Wildman–Crippen MR) is 140 cm³/mol. The number of aryl methyl sites for hydroxylation is 1. The van der Waals surface area contributed by atoms with E-state index in [1.807, 2.05) is 61.5 Å². The molecule has 0 N–H and O–H groups in total. The van der Waals surface area contributed by atoms with E-state index in [2.05, 4.69) is 0 Å². The molecule has 1 aliphatic rings. The third-order valence-corrected chi connectivity index (χ3v) is 8.59. The van der Waals surface area contributed by atoms with Gasteiger partial charge in [0.05, 0.1) is 22.2 Å². The lowest BCUT2D eigenvalue weighted by atomic mass is 10.0. The van der Waals surface area contributed by atoms with Gasteiger partial charge in [0.25, 0.3) is 15.9 Å². The number of carbonyl (C=O) groups excluding carboxylic acids is 1. The highest BCUT2D eigenvalue weighted by molar-refractivity contribution is 7.92. The van der Waals surface area contributed by atoms with Gasteiger partial charge in [0.1, 0.15) is 0 Å². The summed E-state index contributed by atoms with van der Waals surface area (Å²) < 4.78 is 29.4. The van der Waals surface area contributed by atoms with E-state index in [0.29, 0.717) is 17.8 Å². The minimum absolute atomic E-state index is 0.0376. The van der Waals surface area contributed by atoms with Crippen LogP contribution in [0.5, 0.6) is 0 Å². The Kier molecular flexibility index (Phi) is 6.26. The lowest BCUT2D eigenvalue weighted by Crippen LogP contribution is -2.46. The second-order valence-corrected chi connectivity index (χ2v) is 10.9. The van der Waals surface area contributed by atoms with E-state index in [0.717, 1.165) is 21.9 Å². The maximum absolute atomic E-state index is 14.0. The molecule has 178 valence electrons. The number of benzene rings is 4. The van der Waals surface area contributed by atoms with Crippen molar-refractivity contribution in [3.05, 3.63) is 108 Å². The molecule has 0 spiro atoms. The quantitative estimate of drug-likeness (QED) is 0.332. The molecule has 35 heavy (non-hydrogen) atoms. The van der Waals surface area contributed by atoms with Crippen molar-refractivity contribution in [2.75, 3.05) is 16.7 Å². The molecule has 1 atom stereocenters. The van der Waals surface area contributed by atoms with Crippen LogP contribution in [0.2, 0.25) is 0 Å². The first-order chi connectivity index (χ1) is 16.9. The number of rotatable bonds is 5. The Morgan fingerprint density at radius 1 is 0.886 bits per heavy atom. The Hall–Kier alpha value is -3.35. The monoisotopic (exact) mass is 504 g/mol. The summed E-state index contributed by atoms with van der Waals surface area (Å²) in [7, 11) is -4.00. The van der Waals surface area contributed by atoms with Gasteiger partial charge in [0.15, 0.2) is 0 Å². The highest BCUT2D eigenvalue weighted by atomic mass is 35.5. The number of sulfonamides is 1. The number of halogens is 1. The SMILES string of the molecule is Cc1ccc(S(=O)(=O)N2c3cc4ccccc4cc3C(=O)N(Cc3ccccc3)CC2CCl)cc1. The van der Waals surface area contributed by atoms with Gasteiger partial charge in [0.2, 0.25) is 0 Å². The highest BCUT2D eigenvalue weighted by Crippen LogP contribution is 2.37. The number of carbonyl (C=O) groups is 1. The Balaban J connectivity index is 1.71. The molecule has 0 fully saturated rings. The van der Waals surface area contributed by atoms with Crippen LogP contribution in [0.1, 0.15) is 21.5 Å². The average molecular weight is 505 g/mol. The van der Waals surface area contributed by atoms with Gasteiger partial charge in [-0.05, 0) is 47.5 Å². The van der Waals surface area contributed by atoms with E-state index in [9.17, 15) is 13.2 Å². The predicted octanol–water partition coefficient (Wildman–Crippen LogP) is 5.61. The summed E-state index contributed by atoms with van der Waals surface area (Å²) in [6, 6.07) is 27.0. The number of fused-ring (bicyclic) bond motifs is 2. The first kappa shape index (κ1) is 23.4. The smallest absolute Gasteiger partial charge is 0.264 e. The zero-order valence-electron chi connectivity index (χ0n) is 19.3. The van der Waals surface area contributed by atoms with Gasteiger partial charge in [0, 0.05) is 19.0 Å². The topological polar surface area (TPSA) is 57.7 Å². The summed E-state index contributed by atoms with van der Waals surface area (Å²) in [6.07, 6.45) is 0. The van der Waals surface area contributed by atoms with Crippen LogP contribution in [0.4, 0.5) is 5.69 Å². The largest absolute Gasteiger partial charge is 0.332 e. The molecule has 1 heterocycles. The average Bonchev–Trinajstić information content (AvgIpc) is 2.98. The van der Waals surface area contributed by atoms with Crippen molar-refractivity contribution in [1.82, 2.24) is 4.90 Å². The van der Waals surface area contributed by atoms with Gasteiger partial charge in [-0.2, -0.15) is 0 Å². The maximum atomic E-state index is 14.0. The van der Waals surface area contributed by atoms with Gasteiger partial charge in [-0.25, -0.2) is 8.42 Å². The van der Waals surface area contributed by atoms with Crippen LogP contribution >= 0.6 is 11.6 Å². The van der Waals surface area contributed by atoms with Crippen LogP contribution in [0.25, 0.3) is 10.8 Å². The number of hydrogen-bond acceptors (Lipinski definition) is 3. The molecule has 0 saturated carbocycles. The van der Waals surface area contributed by atoms with Crippen LogP contribution in [-0.2, 0) is 16.6 Å². The Morgan fingerprint density at radius 3 is 2.17 bits per heavy atom. The van der Waals surface area contributed by atoms with Gasteiger partial charge in [-0.15, -0.1) is 11.6 Å². The third-order valence-electron chi connectivity index (χ3n) is 6.35. The summed E-state index contributed by atoms with van der Waals surface area (Å²) in [5, 5.41) is 1.73. The molecular formula is C28H25ClN2O3S. The maximum Gasteiger partial charge on any atom is 0.264 e. The second kappa shape index (κ2) is 9.36. The van der Waals surface area contributed by atoms with E-state index in [-0.39, 0.29) is 23.2 Å². The molecule has 0 bridgehead atoms. The van der Waals surface area contributed by atoms with Crippen molar-refractivity contribution < 1.29 is 13.2 Å². The lowest BCUT2D eigenvalue weighted by Gasteiger charge is -2.32. The van der Waals surface area contributed by atoms with Gasteiger partial charge in [-0.3, -0.25) is 9.10 Å². The molecule has 1 aliphatic heterocycles. The van der Waals surface area contributed by atoms with Gasteiger partial charge in [-0.1, -0.05) is 72.3 Å². The van der Waals surface area contributed by atoms with Crippen LogP contribution in [-0.4, -0.2) is 37.7 Å². The summed E-state index contributed by atoms with van der Waals surface area (Å²) >= 11 is 6.42. The molecule has 0 saturated heterocycles. The molecule has 5 nitrogen and oxygen atoms in total. The zero-order valence-corrected chi connectivity index (χ0v) is 20.8. The van der Waals surface area contributed by atoms with Crippen molar-refractivity contribution in [1.29, 1.82) is 0 Å². The summed E-state index contributed by atoms with van der Waals surface area (Å²) in [6.45, 7) is 2.44. The molecule has 0 radical (unpaired) electrons. The lowest BCUT2D eigenvalue weighted by molar-refractivity contribution is 0.0744. The van der Waals surface area contributed by atoms with E-state index < -0.39 is 16.1 Å². The second-order valence-electron chi connectivity index (χ2n) is 8.81. The minimum Gasteiger partial charge on any atom is -0.332 e. The standard InChI is InChI=1S/C28H25ClN2O3S/c1-20-11-13-25(14-12-20)35(33,34)31-24(17-29)19-30(18-21-7-3-2-4-8-21)28(32)26-15-22-9-5-6-10-23(22)16-27(26)31/h2-16,24H,17-19H2,1H3. The number of anilines is 1. The number of alkyl halides is 1. The fourth-order valence-corrected chi connectivity index (χ4v) is 6.53. The molecule has 5 rings (SSSR count). The number of hydrogen-bond donors (Lipinski definition) is 0. The van der Waals surface area contributed by atoms with Crippen molar-refractivity contribution in [3.63, 3.8) is 0 Å². The first-order valence-corrected chi connectivity index (χ1v) is 13.4. The van der Waals surface area contributed by atoms with Gasteiger partial charge < -0.3 is 4.90 Å². The fourth-order valence-electron chi connectivity index (χ4n) is 4.56. The van der Waals surface area contributed by atoms with Gasteiger partial charge >= 0.3 is 0 Å². The van der Waals surface area contributed by atoms with E-state index >= 15 is 0 Å². The highest BCUT2D eigenvalue weighted by Gasteiger charge is 2.39. The fraction of sp³-hybridized carbons (Fsp3) is 0.179. The van der Waals surface area contributed by atoms with E-state index in [1.54, 1.807) is 41.3 Å². The van der Waals surface area contributed by atoms with Crippen LogP contribution in [0, 0.1) is 6.92 Å². The molecule has 4 aromatic rings. The number of nitrogens with zero attached hydrogens (tertiary/aromatic N) is 2. The first-order valence-electron chi connectivity index (χ1n) is 11.4. The molecule has 1 unspecified atom stereocenters. The van der Waals surface area contributed by atoms with E-state index in [1.165, 1.54) is 4.31 Å². The Bertz CT molecular complexity index is 1490. The molecule has 7 heteroatoms. The molecule has 0 aromatic heterocycles. The van der Waals surface area contributed by atoms with Crippen molar-refractivity contribution in [3.8, 4) is 0 Å². The summed E-state index contributed by atoms with van der Waals surface area (Å²) in [4.78, 5) is 15.7. The summed E-state index contributed by atoms with van der Waals surface area (Å²) in [5.41, 5.74) is 2.63. The summed E-state index contributed by atoms with van der Waals surface area (Å²) in [5.74, 6) is -0.179. The minimum atomic E-state index is -4.00.